The maximum atomic E-state index is 12.2. The molecule has 2 unspecified atom stereocenters. The SMILES string of the molecule is OC(CS)C(O)c1ccc(C(F)(F)F)cc1. The molecule has 0 spiro atoms. The van der Waals surface area contributed by atoms with Crippen LogP contribution in [-0.2, 0) is 6.18 Å². The molecule has 0 saturated carbocycles. The average molecular weight is 252 g/mol. The lowest BCUT2D eigenvalue weighted by molar-refractivity contribution is -0.137. The summed E-state index contributed by atoms with van der Waals surface area (Å²) in [6, 6.07) is 4.01. The van der Waals surface area contributed by atoms with Crippen LogP contribution >= 0.6 is 12.6 Å². The van der Waals surface area contributed by atoms with Gasteiger partial charge in [-0.3, -0.25) is 0 Å². The van der Waals surface area contributed by atoms with E-state index in [1.807, 2.05) is 0 Å². The number of aliphatic hydroxyl groups excluding tert-OH is 2. The molecule has 0 saturated heterocycles. The minimum Gasteiger partial charge on any atom is -0.389 e. The van der Waals surface area contributed by atoms with E-state index in [-0.39, 0.29) is 11.3 Å². The lowest BCUT2D eigenvalue weighted by Crippen LogP contribution is -2.19. The molecule has 0 bridgehead atoms. The number of rotatable bonds is 3. The molecule has 16 heavy (non-hydrogen) atoms. The normalized spacial score (nSPS) is 15.9. The molecule has 0 radical (unpaired) electrons. The Morgan fingerprint density at radius 2 is 1.62 bits per heavy atom. The number of aliphatic hydroxyl groups is 2. The first kappa shape index (κ1) is 13.3. The summed E-state index contributed by atoms with van der Waals surface area (Å²) in [5.74, 6) is 0.0299. The van der Waals surface area contributed by atoms with Crippen LogP contribution in [0.4, 0.5) is 13.2 Å². The quantitative estimate of drug-likeness (QED) is 0.720. The van der Waals surface area contributed by atoms with Gasteiger partial charge in [0.05, 0.1) is 11.7 Å². The van der Waals surface area contributed by atoms with Crippen molar-refractivity contribution in [2.24, 2.45) is 0 Å². The van der Waals surface area contributed by atoms with E-state index in [1.54, 1.807) is 0 Å². The summed E-state index contributed by atoms with van der Waals surface area (Å²) in [7, 11) is 0. The van der Waals surface area contributed by atoms with Crippen molar-refractivity contribution >= 4 is 12.6 Å². The number of benzene rings is 1. The zero-order valence-electron chi connectivity index (χ0n) is 8.15. The third kappa shape index (κ3) is 3.13. The van der Waals surface area contributed by atoms with Crippen molar-refractivity contribution < 1.29 is 23.4 Å². The molecule has 0 aromatic heterocycles. The molecule has 1 aromatic carbocycles. The fourth-order valence-corrected chi connectivity index (χ4v) is 1.39. The lowest BCUT2D eigenvalue weighted by atomic mass is 10.0. The highest BCUT2D eigenvalue weighted by Crippen LogP contribution is 2.30. The predicted octanol–water partition coefficient (Wildman–Crippen LogP) is 2.03. The Hall–Kier alpha value is -0.720. The maximum absolute atomic E-state index is 12.2. The van der Waals surface area contributed by atoms with E-state index < -0.39 is 23.9 Å². The van der Waals surface area contributed by atoms with Crippen molar-refractivity contribution in [3.63, 3.8) is 0 Å². The molecule has 2 nitrogen and oxygen atoms in total. The summed E-state index contributed by atoms with van der Waals surface area (Å²) in [6.45, 7) is 0. The third-order valence-electron chi connectivity index (χ3n) is 2.13. The molecule has 6 heteroatoms. The van der Waals surface area contributed by atoms with E-state index in [0.29, 0.717) is 0 Å². The van der Waals surface area contributed by atoms with Gasteiger partial charge in [0.1, 0.15) is 6.10 Å². The second-order valence-corrected chi connectivity index (χ2v) is 3.68. The van der Waals surface area contributed by atoms with Crippen LogP contribution in [0.2, 0.25) is 0 Å². The summed E-state index contributed by atoms with van der Waals surface area (Å²) in [6.07, 6.45) is -6.72. The zero-order valence-corrected chi connectivity index (χ0v) is 9.04. The van der Waals surface area contributed by atoms with Gasteiger partial charge >= 0.3 is 6.18 Å². The molecule has 90 valence electrons. The van der Waals surface area contributed by atoms with Gasteiger partial charge in [0.2, 0.25) is 0 Å². The number of alkyl halides is 3. The predicted molar refractivity (Wildman–Crippen MR) is 56.3 cm³/mol. The molecule has 2 atom stereocenters. The summed E-state index contributed by atoms with van der Waals surface area (Å²) >= 11 is 3.78. The first-order chi connectivity index (χ1) is 7.36. The van der Waals surface area contributed by atoms with Crippen LogP contribution in [-0.4, -0.2) is 22.1 Å². The minimum atomic E-state index is -4.40. The van der Waals surface area contributed by atoms with Crippen molar-refractivity contribution in [1.82, 2.24) is 0 Å². The molecule has 2 N–H and O–H groups in total. The standard InChI is InChI=1S/C10H11F3O2S/c11-10(12,13)7-3-1-6(2-4-7)9(15)8(14)5-16/h1-4,8-9,14-16H,5H2. The lowest BCUT2D eigenvalue weighted by Gasteiger charge is -2.16. The Kier molecular flexibility index (Phi) is 4.23. The summed E-state index contributed by atoms with van der Waals surface area (Å²) in [5.41, 5.74) is -0.557. The van der Waals surface area contributed by atoms with Crippen LogP contribution in [0.1, 0.15) is 17.2 Å². The molecule has 0 aliphatic heterocycles. The summed E-state index contributed by atoms with van der Waals surface area (Å²) < 4.78 is 36.7. The molecular formula is C10H11F3O2S. The van der Waals surface area contributed by atoms with Crippen LogP contribution in [0.15, 0.2) is 24.3 Å². The number of hydrogen-bond acceptors (Lipinski definition) is 3. The fourth-order valence-electron chi connectivity index (χ4n) is 1.19. The van der Waals surface area contributed by atoms with E-state index in [0.717, 1.165) is 24.3 Å². The van der Waals surface area contributed by atoms with Crippen LogP contribution in [0.5, 0.6) is 0 Å². The second kappa shape index (κ2) is 5.07. The van der Waals surface area contributed by atoms with Crippen LogP contribution in [0.25, 0.3) is 0 Å². The second-order valence-electron chi connectivity index (χ2n) is 3.31. The van der Waals surface area contributed by atoms with Crippen LogP contribution < -0.4 is 0 Å². The van der Waals surface area contributed by atoms with Gasteiger partial charge in [-0.25, -0.2) is 0 Å². The monoisotopic (exact) mass is 252 g/mol. The number of halogens is 3. The Balaban J connectivity index is 2.87. The van der Waals surface area contributed by atoms with Gasteiger partial charge in [0.25, 0.3) is 0 Å². The van der Waals surface area contributed by atoms with Gasteiger partial charge in [0, 0.05) is 5.75 Å². The molecule has 0 aliphatic rings. The topological polar surface area (TPSA) is 40.5 Å². The smallest absolute Gasteiger partial charge is 0.389 e. The maximum Gasteiger partial charge on any atom is 0.416 e. The fraction of sp³-hybridized carbons (Fsp3) is 0.400. The van der Waals surface area contributed by atoms with Crippen LogP contribution in [0, 0.1) is 0 Å². The Labute approximate surface area is 96.1 Å². The molecule has 0 amide bonds. The van der Waals surface area contributed by atoms with E-state index in [9.17, 15) is 23.4 Å². The molecular weight excluding hydrogens is 241 g/mol. The van der Waals surface area contributed by atoms with Crippen molar-refractivity contribution in [2.75, 3.05) is 5.75 Å². The molecule has 0 heterocycles. The molecule has 1 aromatic rings. The van der Waals surface area contributed by atoms with Gasteiger partial charge in [-0.05, 0) is 17.7 Å². The average Bonchev–Trinajstić information content (AvgIpc) is 2.26. The van der Waals surface area contributed by atoms with Gasteiger partial charge in [-0.1, -0.05) is 12.1 Å². The summed E-state index contributed by atoms with van der Waals surface area (Å²) in [5, 5.41) is 18.8. The number of thiol groups is 1. The van der Waals surface area contributed by atoms with Crippen LogP contribution in [0.3, 0.4) is 0 Å². The minimum absolute atomic E-state index is 0.0299. The molecule has 0 aliphatic carbocycles. The van der Waals surface area contributed by atoms with Gasteiger partial charge in [0.15, 0.2) is 0 Å². The zero-order chi connectivity index (χ0) is 12.3. The van der Waals surface area contributed by atoms with E-state index >= 15 is 0 Å². The first-order valence-electron chi connectivity index (χ1n) is 4.50. The van der Waals surface area contributed by atoms with E-state index in [2.05, 4.69) is 12.6 Å². The van der Waals surface area contributed by atoms with Gasteiger partial charge in [-0.2, -0.15) is 25.8 Å². The Bertz CT molecular complexity index is 337. The first-order valence-corrected chi connectivity index (χ1v) is 5.13. The van der Waals surface area contributed by atoms with Gasteiger partial charge < -0.3 is 10.2 Å². The van der Waals surface area contributed by atoms with Crippen molar-refractivity contribution in [2.45, 2.75) is 18.4 Å². The highest BCUT2D eigenvalue weighted by molar-refractivity contribution is 7.80. The van der Waals surface area contributed by atoms with Crippen molar-refractivity contribution in [3.8, 4) is 0 Å². The van der Waals surface area contributed by atoms with E-state index in [4.69, 9.17) is 0 Å². The Morgan fingerprint density at radius 3 is 2.00 bits per heavy atom. The molecule has 1 rings (SSSR count). The van der Waals surface area contributed by atoms with Crippen molar-refractivity contribution in [3.05, 3.63) is 35.4 Å². The largest absolute Gasteiger partial charge is 0.416 e. The third-order valence-corrected chi connectivity index (χ3v) is 2.51. The Morgan fingerprint density at radius 1 is 1.12 bits per heavy atom. The van der Waals surface area contributed by atoms with Crippen molar-refractivity contribution in [1.29, 1.82) is 0 Å². The molecule has 0 fully saturated rings. The highest BCUT2D eigenvalue weighted by Gasteiger charge is 2.30. The van der Waals surface area contributed by atoms with Gasteiger partial charge in [-0.15, -0.1) is 0 Å². The summed E-state index contributed by atoms with van der Waals surface area (Å²) in [4.78, 5) is 0. The number of hydrogen-bond donors (Lipinski definition) is 3. The highest BCUT2D eigenvalue weighted by atomic mass is 32.1. The van der Waals surface area contributed by atoms with E-state index in [1.165, 1.54) is 0 Å².